The van der Waals surface area contributed by atoms with Gasteiger partial charge in [0.1, 0.15) is 0 Å². The number of hydrogen-bond acceptors (Lipinski definition) is 1. The van der Waals surface area contributed by atoms with Crippen molar-refractivity contribution >= 4 is 15.7 Å². The molecule has 0 bridgehead atoms. The Morgan fingerprint density at radius 3 is 2.89 bits per heavy atom. The number of allylic oxidation sites excluding steroid dienone is 4. The van der Waals surface area contributed by atoms with E-state index in [1.807, 2.05) is 26.1 Å². The topological polar surface area (TPSA) is 12.0 Å². The first kappa shape index (κ1) is 14.5. The summed E-state index contributed by atoms with van der Waals surface area (Å²) < 4.78 is 0. The molecule has 0 saturated heterocycles. The third-order valence-corrected chi connectivity index (χ3v) is 4.00. The molecule has 1 fully saturated rings. The van der Waals surface area contributed by atoms with Gasteiger partial charge in [-0.05, 0) is 60.2 Å². The van der Waals surface area contributed by atoms with Gasteiger partial charge in [-0.1, -0.05) is 26.0 Å². The molecule has 0 heterocycles. The lowest BCUT2D eigenvalue weighted by atomic mass is 9.66. The minimum absolute atomic E-state index is 0.00755. The molecule has 1 N–H and O–H groups in total. The highest BCUT2D eigenvalue weighted by Gasteiger charge is 2.29. The predicted octanol–water partition coefficient (Wildman–Crippen LogP) is 2.89. The lowest BCUT2D eigenvalue weighted by Crippen LogP contribution is -2.31. The van der Waals surface area contributed by atoms with Crippen LogP contribution in [0.1, 0.15) is 26.7 Å². The van der Waals surface area contributed by atoms with Crippen LogP contribution in [0.3, 0.4) is 0 Å². The highest BCUT2D eigenvalue weighted by molar-refractivity contribution is 6.18. The second kappa shape index (κ2) is 5.61. The summed E-state index contributed by atoms with van der Waals surface area (Å²) in [6.07, 6.45) is 10.2. The third-order valence-electron chi connectivity index (χ3n) is 4.00. The molecule has 0 aliphatic heterocycles. The Labute approximate surface area is 119 Å². The summed E-state index contributed by atoms with van der Waals surface area (Å²) >= 11 is 0. The van der Waals surface area contributed by atoms with Crippen LogP contribution in [0.2, 0.25) is 11.1 Å². The lowest BCUT2D eigenvalue weighted by molar-refractivity contribution is 0.438. The Hall–Kier alpha value is -0.910. The van der Waals surface area contributed by atoms with Crippen molar-refractivity contribution in [3.8, 4) is 0 Å². The minimum atomic E-state index is -0.454. The van der Waals surface area contributed by atoms with E-state index >= 15 is 0 Å². The van der Waals surface area contributed by atoms with Gasteiger partial charge >= 0.3 is 0 Å². The normalized spacial score (nSPS) is 44.1. The standard InChI is InChI=1S/C16H21B2N/c1-11-8-12-10-16(2,18)7-5-4-6-13(12)15(17)14(9-11)19-3/h4,6-7,10-11,14-15,19H,8-9H2,1-3H3/b12-10-,13-6+. The number of fused-ring (bicyclic) bond motifs is 1. The van der Waals surface area contributed by atoms with Gasteiger partial charge in [-0.3, -0.25) is 0 Å². The minimum Gasteiger partial charge on any atom is -0.317 e. The molecule has 1 nitrogen and oxygen atoms in total. The maximum atomic E-state index is 6.44. The van der Waals surface area contributed by atoms with Gasteiger partial charge < -0.3 is 5.32 Å². The zero-order chi connectivity index (χ0) is 14.0. The van der Waals surface area contributed by atoms with Crippen molar-refractivity contribution in [2.45, 2.75) is 43.9 Å². The molecule has 4 unspecified atom stereocenters. The van der Waals surface area contributed by atoms with E-state index in [4.69, 9.17) is 15.7 Å². The highest BCUT2D eigenvalue weighted by Crippen LogP contribution is 2.41. The molecule has 96 valence electrons. The van der Waals surface area contributed by atoms with E-state index in [1.54, 1.807) is 0 Å². The molecule has 19 heavy (non-hydrogen) atoms. The van der Waals surface area contributed by atoms with Crippen LogP contribution in [-0.2, 0) is 0 Å². The third kappa shape index (κ3) is 3.35. The molecule has 2 aliphatic carbocycles. The zero-order valence-corrected chi connectivity index (χ0v) is 12.1. The summed E-state index contributed by atoms with van der Waals surface area (Å²) in [6, 6.07) is 0.313. The molecule has 0 aromatic heterocycles. The predicted molar refractivity (Wildman–Crippen MR) is 83.7 cm³/mol. The molecule has 0 aromatic rings. The Morgan fingerprint density at radius 2 is 2.21 bits per heavy atom. The molecule has 4 atom stereocenters. The van der Waals surface area contributed by atoms with Crippen LogP contribution >= 0.6 is 0 Å². The molecule has 4 radical (unpaired) electrons. The van der Waals surface area contributed by atoms with Crippen LogP contribution < -0.4 is 5.32 Å². The first-order valence-electron chi connectivity index (χ1n) is 7.00. The Bertz CT molecular complexity index is 467. The highest BCUT2D eigenvalue weighted by atomic mass is 14.9. The molecule has 2 rings (SSSR count). The van der Waals surface area contributed by atoms with Crippen molar-refractivity contribution in [2.75, 3.05) is 7.05 Å². The maximum absolute atomic E-state index is 6.44. The Balaban J connectivity index is 2.48. The van der Waals surface area contributed by atoms with E-state index in [0.717, 1.165) is 12.8 Å². The summed E-state index contributed by atoms with van der Waals surface area (Å²) in [5.41, 5.74) is 5.61. The SMILES string of the molecule is [B]C1C2=C/C=C=CC([B])(C)/C=C\2CC(C)CC1NC. The molecule has 3 heteroatoms. The average Bonchev–Trinajstić information content (AvgIpc) is 2.41. The average molecular weight is 249 g/mol. The summed E-state index contributed by atoms with van der Waals surface area (Å²) in [5, 5.41) is 2.89. The van der Waals surface area contributed by atoms with E-state index < -0.39 is 5.31 Å². The maximum Gasteiger partial charge on any atom is 0.0863 e. The van der Waals surface area contributed by atoms with Gasteiger partial charge in [0.2, 0.25) is 0 Å². The zero-order valence-electron chi connectivity index (χ0n) is 12.1. The lowest BCUT2D eigenvalue weighted by Gasteiger charge is -2.26. The fourth-order valence-corrected chi connectivity index (χ4v) is 3.03. The summed E-state index contributed by atoms with van der Waals surface area (Å²) in [5.74, 6) is 0.608. The van der Waals surface area contributed by atoms with Gasteiger partial charge in [0.15, 0.2) is 0 Å². The fourth-order valence-electron chi connectivity index (χ4n) is 3.03. The van der Waals surface area contributed by atoms with Crippen LogP contribution in [0.25, 0.3) is 0 Å². The Morgan fingerprint density at radius 1 is 1.47 bits per heavy atom. The molecular weight excluding hydrogens is 228 g/mol. The van der Waals surface area contributed by atoms with Crippen molar-refractivity contribution < 1.29 is 0 Å². The van der Waals surface area contributed by atoms with Crippen molar-refractivity contribution in [3.63, 3.8) is 0 Å². The van der Waals surface area contributed by atoms with Crippen LogP contribution in [-0.4, -0.2) is 28.8 Å². The van der Waals surface area contributed by atoms with Crippen LogP contribution in [0, 0.1) is 5.92 Å². The molecule has 1 saturated carbocycles. The molecule has 0 aromatic carbocycles. The number of rotatable bonds is 1. The van der Waals surface area contributed by atoms with Crippen molar-refractivity contribution in [2.24, 2.45) is 5.92 Å². The summed E-state index contributed by atoms with van der Waals surface area (Å²) in [4.78, 5) is 0. The second-order valence-corrected chi connectivity index (χ2v) is 6.10. The van der Waals surface area contributed by atoms with Crippen molar-refractivity contribution in [3.05, 3.63) is 41.2 Å². The van der Waals surface area contributed by atoms with E-state index in [1.165, 1.54) is 11.1 Å². The van der Waals surface area contributed by atoms with Gasteiger partial charge in [0, 0.05) is 6.04 Å². The van der Waals surface area contributed by atoms with Gasteiger partial charge in [0.25, 0.3) is 0 Å². The number of nitrogens with one attached hydrogen (secondary N) is 1. The van der Waals surface area contributed by atoms with E-state index in [9.17, 15) is 0 Å². The smallest absolute Gasteiger partial charge is 0.0863 e. The fraction of sp³-hybridized carbons (Fsp3) is 0.562. The van der Waals surface area contributed by atoms with E-state index in [0.29, 0.717) is 12.0 Å². The Kier molecular flexibility index (Phi) is 4.28. The first-order valence-corrected chi connectivity index (χ1v) is 7.00. The monoisotopic (exact) mass is 249 g/mol. The molecular formula is C16H21B2N. The largest absolute Gasteiger partial charge is 0.317 e. The van der Waals surface area contributed by atoms with Crippen molar-refractivity contribution in [1.82, 2.24) is 5.32 Å². The van der Waals surface area contributed by atoms with E-state index in [2.05, 4.69) is 30.1 Å². The summed E-state index contributed by atoms with van der Waals surface area (Å²) in [6.45, 7) is 4.28. The van der Waals surface area contributed by atoms with Gasteiger partial charge in [-0.2, -0.15) is 0 Å². The number of hydrogen-bond donors (Lipinski definition) is 1. The molecule has 2 aliphatic rings. The van der Waals surface area contributed by atoms with Gasteiger partial charge in [0.05, 0.1) is 15.7 Å². The van der Waals surface area contributed by atoms with Gasteiger partial charge in [-0.15, -0.1) is 5.73 Å². The van der Waals surface area contributed by atoms with Gasteiger partial charge in [-0.25, -0.2) is 0 Å². The van der Waals surface area contributed by atoms with E-state index in [-0.39, 0.29) is 5.82 Å². The summed E-state index contributed by atoms with van der Waals surface area (Å²) in [7, 11) is 14.7. The first-order chi connectivity index (χ1) is 8.93. The van der Waals surface area contributed by atoms with Crippen LogP contribution in [0.4, 0.5) is 0 Å². The quantitative estimate of drug-likeness (QED) is 0.556. The van der Waals surface area contributed by atoms with Crippen LogP contribution in [0.5, 0.6) is 0 Å². The second-order valence-electron chi connectivity index (χ2n) is 6.10. The van der Waals surface area contributed by atoms with Crippen LogP contribution in [0.15, 0.2) is 41.2 Å². The van der Waals surface area contributed by atoms with Crippen molar-refractivity contribution in [1.29, 1.82) is 0 Å². The molecule has 0 spiro atoms. The molecule has 0 amide bonds.